The Morgan fingerprint density at radius 3 is 1.30 bits per heavy atom. The molecule has 300 valence electrons. The van der Waals surface area contributed by atoms with Gasteiger partial charge in [-0.3, -0.25) is 15.0 Å². The predicted octanol–water partition coefficient (Wildman–Crippen LogP) is 9.81. The molecule has 0 saturated heterocycles. The summed E-state index contributed by atoms with van der Waals surface area (Å²) in [6.07, 6.45) is 33.7. The van der Waals surface area contributed by atoms with Crippen molar-refractivity contribution in [3.8, 4) is 0 Å². The summed E-state index contributed by atoms with van der Waals surface area (Å²) < 4.78 is 0.969. The van der Waals surface area contributed by atoms with Crippen LogP contribution < -0.4 is 22.9 Å². The molecule has 56 heavy (non-hydrogen) atoms. The maximum Gasteiger partial charge on any atom is 0.483 e. The molecule has 0 aromatic carbocycles. The fourth-order valence-electron chi connectivity index (χ4n) is 7.26. The summed E-state index contributed by atoms with van der Waals surface area (Å²) in [6.45, 7) is 0. The molecule has 4 aliphatic rings. The molecular formula is C44H62BIN8O2. The standard InChI is InChI=1S/2C11H16N2.C11H14N2.C6H11BO2.C5H5IN2/c3*12-10-6-7-11(13-8-10)9-4-2-1-3-5-9;8-7(9)6-4-2-1-3-5-6;6-5-2-1-4(7)3-8-5/h2*6-9H,1-5,12H2;4,6-8H,1-3,5,12H2;4,8-9H,1-3,5H2;1-3H,7H2. The molecule has 0 aliphatic heterocycles. The molecule has 2 saturated carbocycles. The van der Waals surface area contributed by atoms with Gasteiger partial charge < -0.3 is 33.0 Å². The Labute approximate surface area is 348 Å². The molecule has 4 heterocycles. The third-order valence-corrected chi connectivity index (χ3v) is 11.1. The van der Waals surface area contributed by atoms with Gasteiger partial charge in [-0.05, 0) is 159 Å². The first-order valence-corrected chi connectivity index (χ1v) is 21.5. The summed E-state index contributed by atoms with van der Waals surface area (Å²) in [7, 11) is -1.20. The minimum atomic E-state index is -1.20. The highest BCUT2D eigenvalue weighted by atomic mass is 127. The van der Waals surface area contributed by atoms with Crippen LogP contribution in [0.3, 0.4) is 0 Å². The molecule has 4 aromatic rings. The lowest BCUT2D eigenvalue weighted by Crippen LogP contribution is -2.16. The van der Waals surface area contributed by atoms with Gasteiger partial charge in [0.15, 0.2) is 0 Å². The minimum Gasteiger partial charge on any atom is -0.423 e. The second-order valence-corrected chi connectivity index (χ2v) is 16.1. The molecule has 10 N–H and O–H groups in total. The van der Waals surface area contributed by atoms with Crippen LogP contribution in [0.2, 0.25) is 0 Å². The van der Waals surface area contributed by atoms with Gasteiger partial charge in [0.2, 0.25) is 0 Å². The number of halogens is 1. The van der Waals surface area contributed by atoms with Gasteiger partial charge >= 0.3 is 7.12 Å². The zero-order chi connectivity index (χ0) is 40.0. The summed E-state index contributed by atoms with van der Waals surface area (Å²) >= 11 is 2.13. The highest BCUT2D eigenvalue weighted by Crippen LogP contribution is 2.32. The highest BCUT2D eigenvalue weighted by Gasteiger charge is 2.17. The molecule has 0 unspecified atom stereocenters. The Hall–Kier alpha value is -4.01. The summed E-state index contributed by atoms with van der Waals surface area (Å²) in [4.78, 5) is 17.0. The number of nitrogen functional groups attached to an aromatic ring is 4. The van der Waals surface area contributed by atoms with Crippen LogP contribution in [0.1, 0.15) is 144 Å². The number of nitrogens with two attached hydrogens (primary N) is 4. The zero-order valence-electron chi connectivity index (χ0n) is 32.9. The number of pyridine rings is 4. The topological polar surface area (TPSA) is 196 Å². The third kappa shape index (κ3) is 17.0. The molecule has 4 aliphatic carbocycles. The number of hydrogen-bond donors (Lipinski definition) is 6. The van der Waals surface area contributed by atoms with Crippen LogP contribution in [0, 0.1) is 3.70 Å². The molecule has 0 amide bonds. The Bertz CT molecular complexity index is 1640. The second-order valence-electron chi connectivity index (χ2n) is 15.0. The largest absolute Gasteiger partial charge is 0.483 e. The van der Waals surface area contributed by atoms with Gasteiger partial charge in [0.25, 0.3) is 0 Å². The van der Waals surface area contributed by atoms with Crippen LogP contribution in [-0.4, -0.2) is 37.1 Å². The summed E-state index contributed by atoms with van der Waals surface area (Å²) in [5.74, 6) is 1.38. The predicted molar refractivity (Wildman–Crippen MR) is 242 cm³/mol. The molecule has 4 aromatic heterocycles. The molecule has 0 spiro atoms. The van der Waals surface area contributed by atoms with Crippen molar-refractivity contribution in [1.29, 1.82) is 0 Å². The van der Waals surface area contributed by atoms with Crippen LogP contribution in [-0.2, 0) is 0 Å². The van der Waals surface area contributed by atoms with Crippen molar-refractivity contribution in [2.75, 3.05) is 22.9 Å². The van der Waals surface area contributed by atoms with Gasteiger partial charge in [0.05, 0.1) is 53.2 Å². The van der Waals surface area contributed by atoms with Crippen LogP contribution >= 0.6 is 22.6 Å². The smallest absolute Gasteiger partial charge is 0.423 e. The molecule has 12 heteroatoms. The van der Waals surface area contributed by atoms with Crippen LogP contribution in [0.4, 0.5) is 22.7 Å². The first kappa shape index (κ1) is 44.7. The molecule has 0 bridgehead atoms. The van der Waals surface area contributed by atoms with E-state index in [4.69, 9.17) is 33.0 Å². The summed E-state index contributed by atoms with van der Waals surface area (Å²) in [5.41, 5.74) is 30.8. The monoisotopic (exact) mass is 872 g/mol. The van der Waals surface area contributed by atoms with Crippen molar-refractivity contribution in [3.63, 3.8) is 0 Å². The lowest BCUT2D eigenvalue weighted by molar-refractivity contribution is 0.414. The number of aromatic nitrogens is 4. The van der Waals surface area contributed by atoms with Gasteiger partial charge in [-0.25, -0.2) is 4.98 Å². The first-order chi connectivity index (χ1) is 27.2. The number of anilines is 4. The maximum atomic E-state index is 8.66. The second kappa shape index (κ2) is 25.3. The quantitative estimate of drug-likeness (QED) is 0.0653. The van der Waals surface area contributed by atoms with Crippen LogP contribution in [0.5, 0.6) is 0 Å². The molecule has 0 atom stereocenters. The van der Waals surface area contributed by atoms with Crippen LogP contribution in [0.25, 0.3) is 5.57 Å². The number of nitrogens with zero attached hydrogens (tertiary/aromatic N) is 4. The fourth-order valence-corrected chi connectivity index (χ4v) is 7.58. The first-order valence-electron chi connectivity index (χ1n) is 20.4. The lowest BCUT2D eigenvalue weighted by atomic mass is 9.74. The van der Waals surface area contributed by atoms with E-state index in [9.17, 15) is 0 Å². The highest BCUT2D eigenvalue weighted by molar-refractivity contribution is 14.1. The van der Waals surface area contributed by atoms with E-state index in [2.05, 4.69) is 60.7 Å². The lowest BCUT2D eigenvalue weighted by Gasteiger charge is -2.20. The zero-order valence-corrected chi connectivity index (χ0v) is 35.1. The molecule has 10 nitrogen and oxygen atoms in total. The third-order valence-electron chi connectivity index (χ3n) is 10.5. The minimum absolute atomic E-state index is 0.689. The van der Waals surface area contributed by atoms with E-state index >= 15 is 0 Å². The van der Waals surface area contributed by atoms with Gasteiger partial charge in [-0.2, -0.15) is 0 Å². The SMILES string of the molecule is Nc1ccc(C2=CCCCC2)nc1.Nc1ccc(C2CCCCC2)nc1.Nc1ccc(C2CCCCC2)nc1.Nc1ccc(I)nc1.OB(O)C1=CCCCC1. The van der Waals surface area contributed by atoms with Gasteiger partial charge in [-0.1, -0.05) is 50.7 Å². The van der Waals surface area contributed by atoms with Crippen molar-refractivity contribution in [3.05, 3.63) is 112 Å². The van der Waals surface area contributed by atoms with Crippen molar-refractivity contribution in [1.82, 2.24) is 19.9 Å². The Morgan fingerprint density at radius 2 is 0.964 bits per heavy atom. The van der Waals surface area contributed by atoms with Crippen LogP contribution in [0.15, 0.2) is 90.9 Å². The van der Waals surface area contributed by atoms with E-state index in [0.717, 1.165) is 57.6 Å². The van der Waals surface area contributed by atoms with E-state index in [-0.39, 0.29) is 0 Å². The van der Waals surface area contributed by atoms with E-state index in [1.807, 2.05) is 42.5 Å². The van der Waals surface area contributed by atoms with E-state index < -0.39 is 7.12 Å². The Balaban J connectivity index is 0.000000158. The number of hydrogen-bond acceptors (Lipinski definition) is 10. The van der Waals surface area contributed by atoms with Gasteiger partial charge in [0.1, 0.15) is 3.70 Å². The average molecular weight is 873 g/mol. The summed E-state index contributed by atoms with van der Waals surface area (Å²) in [6, 6.07) is 15.7. The number of allylic oxidation sites excluding steroid dienone is 4. The molecular weight excluding hydrogens is 810 g/mol. The van der Waals surface area contributed by atoms with Crippen molar-refractivity contribution < 1.29 is 10.0 Å². The molecule has 0 radical (unpaired) electrons. The maximum absolute atomic E-state index is 8.66. The van der Waals surface area contributed by atoms with E-state index in [0.29, 0.717) is 17.5 Å². The average Bonchev–Trinajstić information content (AvgIpc) is 3.25. The fraction of sp³-hybridized carbons (Fsp3) is 0.455. The van der Waals surface area contributed by atoms with Gasteiger partial charge in [0, 0.05) is 23.2 Å². The Kier molecular flexibility index (Phi) is 20.2. The normalized spacial score (nSPS) is 17.0. The summed E-state index contributed by atoms with van der Waals surface area (Å²) in [5, 5.41) is 17.3. The van der Waals surface area contributed by atoms with E-state index in [1.54, 1.807) is 24.8 Å². The van der Waals surface area contributed by atoms with Gasteiger partial charge in [-0.15, -0.1) is 0 Å². The van der Waals surface area contributed by atoms with Crippen molar-refractivity contribution in [2.24, 2.45) is 0 Å². The van der Waals surface area contributed by atoms with E-state index in [1.165, 1.54) is 107 Å². The molecule has 2 fully saturated rings. The number of rotatable bonds is 4. The van der Waals surface area contributed by atoms with Crippen molar-refractivity contribution >= 4 is 58.0 Å². The van der Waals surface area contributed by atoms with Crippen molar-refractivity contribution in [2.45, 2.75) is 127 Å². The molecule has 8 rings (SSSR count). The Morgan fingerprint density at radius 1 is 0.500 bits per heavy atom.